The summed E-state index contributed by atoms with van der Waals surface area (Å²) >= 11 is 0. The molecular weight excluding hydrogens is 268 g/mol. The molecule has 2 rings (SSSR count). The quantitative estimate of drug-likeness (QED) is 0.865. The topological polar surface area (TPSA) is 66.4 Å². The van der Waals surface area contributed by atoms with Gasteiger partial charge in [0.1, 0.15) is 11.6 Å². The van der Waals surface area contributed by atoms with E-state index in [1.165, 1.54) is 6.07 Å². The lowest BCUT2D eigenvalue weighted by Crippen LogP contribution is -2.36. The van der Waals surface area contributed by atoms with Crippen LogP contribution < -0.4 is 5.32 Å². The number of aliphatic carboxylic acids is 1. The zero-order valence-electron chi connectivity index (χ0n) is 10.9. The van der Waals surface area contributed by atoms with Crippen LogP contribution >= 0.6 is 0 Å². The Morgan fingerprint density at radius 1 is 1.35 bits per heavy atom. The normalized spacial score (nSPS) is 22.1. The van der Waals surface area contributed by atoms with E-state index in [0.717, 1.165) is 12.1 Å². The molecule has 0 radical (unpaired) electrons. The summed E-state index contributed by atoms with van der Waals surface area (Å²) in [4.78, 5) is 22.4. The van der Waals surface area contributed by atoms with Crippen LogP contribution in [0, 0.1) is 23.5 Å². The second-order valence-electron chi connectivity index (χ2n) is 5.10. The molecule has 1 saturated carbocycles. The molecule has 0 aliphatic heterocycles. The Morgan fingerprint density at radius 3 is 2.45 bits per heavy atom. The van der Waals surface area contributed by atoms with E-state index in [1.807, 2.05) is 0 Å². The average molecular weight is 283 g/mol. The van der Waals surface area contributed by atoms with Gasteiger partial charge in [0, 0.05) is 11.6 Å². The van der Waals surface area contributed by atoms with E-state index in [2.05, 4.69) is 5.32 Å². The van der Waals surface area contributed by atoms with Crippen molar-refractivity contribution in [3.63, 3.8) is 0 Å². The molecule has 6 heteroatoms. The highest BCUT2D eigenvalue weighted by atomic mass is 19.1. The van der Waals surface area contributed by atoms with Gasteiger partial charge < -0.3 is 10.4 Å². The van der Waals surface area contributed by atoms with Crippen LogP contribution in [-0.2, 0) is 16.0 Å². The summed E-state index contributed by atoms with van der Waals surface area (Å²) in [5, 5.41) is 11.3. The molecule has 4 nitrogen and oxygen atoms in total. The first-order valence-electron chi connectivity index (χ1n) is 6.36. The van der Waals surface area contributed by atoms with Crippen LogP contribution in [0.3, 0.4) is 0 Å². The lowest BCUT2D eigenvalue weighted by Gasteiger charge is -2.14. The third-order valence-corrected chi connectivity index (χ3v) is 3.41. The van der Waals surface area contributed by atoms with Gasteiger partial charge in [-0.2, -0.15) is 0 Å². The fraction of sp³-hybridized carbons (Fsp3) is 0.429. The molecule has 1 aromatic carbocycles. The number of hydrogen-bond donors (Lipinski definition) is 2. The minimum absolute atomic E-state index is 0.0225. The number of rotatable bonds is 5. The Labute approximate surface area is 114 Å². The van der Waals surface area contributed by atoms with Crippen LogP contribution in [0.2, 0.25) is 0 Å². The van der Waals surface area contributed by atoms with Crippen LogP contribution in [0.4, 0.5) is 8.78 Å². The first kappa shape index (κ1) is 14.4. The smallest absolute Gasteiger partial charge is 0.307 e. The van der Waals surface area contributed by atoms with Gasteiger partial charge in [-0.1, -0.05) is 6.07 Å². The molecule has 0 aromatic heterocycles. The fourth-order valence-corrected chi connectivity index (χ4v) is 2.19. The summed E-state index contributed by atoms with van der Waals surface area (Å²) in [6.07, 6.45) is 0.344. The third kappa shape index (κ3) is 3.12. The van der Waals surface area contributed by atoms with Gasteiger partial charge in [-0.15, -0.1) is 0 Å². The molecule has 3 atom stereocenters. The minimum atomic E-state index is -0.988. The molecule has 108 valence electrons. The highest BCUT2D eigenvalue weighted by Crippen LogP contribution is 2.38. The summed E-state index contributed by atoms with van der Waals surface area (Å²) < 4.78 is 26.9. The largest absolute Gasteiger partial charge is 0.481 e. The maximum Gasteiger partial charge on any atom is 0.307 e. The van der Waals surface area contributed by atoms with Crippen molar-refractivity contribution in [2.24, 2.45) is 11.8 Å². The predicted octanol–water partition coefficient (Wildman–Crippen LogP) is 1.73. The Balaban J connectivity index is 1.92. The Morgan fingerprint density at radius 2 is 1.95 bits per heavy atom. The monoisotopic (exact) mass is 283 g/mol. The van der Waals surface area contributed by atoms with Crippen molar-refractivity contribution in [3.05, 3.63) is 35.4 Å². The predicted molar refractivity (Wildman–Crippen MR) is 66.9 cm³/mol. The Hall–Kier alpha value is -1.98. The van der Waals surface area contributed by atoms with Crippen molar-refractivity contribution >= 4 is 11.9 Å². The molecule has 20 heavy (non-hydrogen) atoms. The number of carboxylic acid groups (broad SMARTS) is 1. The van der Waals surface area contributed by atoms with Crippen molar-refractivity contribution in [1.29, 1.82) is 0 Å². The molecule has 0 saturated heterocycles. The molecule has 1 unspecified atom stereocenters. The molecule has 0 spiro atoms. The standard InChI is InChI=1S/C14H15F2NO3/c1-7(5-10-11(15)3-2-4-12(10)16)17-13(18)8-6-9(8)14(19)20/h2-4,7-9H,5-6H2,1H3,(H,17,18)(H,19,20)/t7?,8-,9+/m1/s1. The summed E-state index contributed by atoms with van der Waals surface area (Å²) in [5.41, 5.74) is -0.0779. The van der Waals surface area contributed by atoms with Crippen molar-refractivity contribution in [2.75, 3.05) is 0 Å². The molecule has 0 bridgehead atoms. The first-order chi connectivity index (χ1) is 9.40. The van der Waals surface area contributed by atoms with Gasteiger partial charge in [0.05, 0.1) is 11.8 Å². The highest BCUT2D eigenvalue weighted by Gasteiger charge is 2.48. The summed E-state index contributed by atoms with van der Waals surface area (Å²) in [7, 11) is 0. The van der Waals surface area contributed by atoms with Gasteiger partial charge in [-0.05, 0) is 31.9 Å². The van der Waals surface area contributed by atoms with E-state index < -0.39 is 35.5 Å². The average Bonchev–Trinajstić information content (AvgIpc) is 3.14. The van der Waals surface area contributed by atoms with E-state index in [-0.39, 0.29) is 17.9 Å². The van der Waals surface area contributed by atoms with Crippen LogP contribution in [0.25, 0.3) is 0 Å². The van der Waals surface area contributed by atoms with Gasteiger partial charge >= 0.3 is 5.97 Å². The molecular formula is C14H15F2NO3. The molecule has 1 fully saturated rings. The zero-order chi connectivity index (χ0) is 14.9. The number of halogens is 2. The van der Waals surface area contributed by atoms with Gasteiger partial charge in [0.15, 0.2) is 0 Å². The molecule has 1 amide bonds. The van der Waals surface area contributed by atoms with Crippen LogP contribution in [-0.4, -0.2) is 23.0 Å². The van der Waals surface area contributed by atoms with Gasteiger partial charge in [0.2, 0.25) is 5.91 Å². The van der Waals surface area contributed by atoms with E-state index in [9.17, 15) is 18.4 Å². The van der Waals surface area contributed by atoms with E-state index in [1.54, 1.807) is 6.92 Å². The number of benzene rings is 1. The first-order valence-corrected chi connectivity index (χ1v) is 6.36. The number of carboxylic acids is 1. The minimum Gasteiger partial charge on any atom is -0.481 e. The Bertz CT molecular complexity index is 527. The number of nitrogens with one attached hydrogen (secondary N) is 1. The van der Waals surface area contributed by atoms with Gasteiger partial charge in [0.25, 0.3) is 0 Å². The Kier molecular flexibility index (Phi) is 4.01. The maximum atomic E-state index is 13.5. The molecule has 1 aromatic rings. The van der Waals surface area contributed by atoms with E-state index in [4.69, 9.17) is 5.11 Å². The number of amides is 1. The number of carbonyl (C=O) groups is 2. The van der Waals surface area contributed by atoms with Crippen molar-refractivity contribution < 1.29 is 23.5 Å². The van der Waals surface area contributed by atoms with Crippen LogP contribution in [0.1, 0.15) is 18.9 Å². The second-order valence-corrected chi connectivity index (χ2v) is 5.10. The molecule has 1 aliphatic rings. The number of hydrogen-bond acceptors (Lipinski definition) is 2. The lowest BCUT2D eigenvalue weighted by atomic mass is 10.1. The maximum absolute atomic E-state index is 13.5. The molecule has 1 aliphatic carbocycles. The molecule has 0 heterocycles. The summed E-state index contributed by atoms with van der Waals surface area (Å²) in [5.74, 6) is -3.82. The fourth-order valence-electron chi connectivity index (χ4n) is 2.19. The third-order valence-electron chi connectivity index (χ3n) is 3.41. The van der Waals surface area contributed by atoms with E-state index >= 15 is 0 Å². The zero-order valence-corrected chi connectivity index (χ0v) is 10.9. The summed E-state index contributed by atoms with van der Waals surface area (Å²) in [6.45, 7) is 1.63. The lowest BCUT2D eigenvalue weighted by molar-refractivity contribution is -0.140. The van der Waals surface area contributed by atoms with E-state index in [0.29, 0.717) is 6.42 Å². The second kappa shape index (κ2) is 5.56. The number of carbonyl (C=O) groups excluding carboxylic acids is 1. The SMILES string of the molecule is CC(Cc1c(F)cccc1F)NC(=O)[C@@H]1C[C@@H]1C(=O)O. The van der Waals surface area contributed by atoms with Crippen molar-refractivity contribution in [3.8, 4) is 0 Å². The van der Waals surface area contributed by atoms with Crippen molar-refractivity contribution in [2.45, 2.75) is 25.8 Å². The highest BCUT2D eigenvalue weighted by molar-refractivity contribution is 5.89. The van der Waals surface area contributed by atoms with Crippen molar-refractivity contribution in [1.82, 2.24) is 5.32 Å². The summed E-state index contributed by atoms with van der Waals surface area (Å²) in [6, 6.07) is 3.13. The van der Waals surface area contributed by atoms with Gasteiger partial charge in [-0.25, -0.2) is 8.78 Å². The van der Waals surface area contributed by atoms with Gasteiger partial charge in [-0.3, -0.25) is 9.59 Å². The van der Waals surface area contributed by atoms with Crippen LogP contribution in [0.5, 0.6) is 0 Å². The molecule has 2 N–H and O–H groups in total. The van der Waals surface area contributed by atoms with Crippen LogP contribution in [0.15, 0.2) is 18.2 Å².